The average Bonchev–Trinajstić information content (AvgIpc) is 3.27. The molecule has 2 rings (SSSR count). The molecule has 1 aromatic rings. The number of aliphatic carboxylic acids is 1. The van der Waals surface area contributed by atoms with Gasteiger partial charge in [-0.2, -0.15) is 0 Å². The number of amides is 4. The zero-order valence-corrected chi connectivity index (χ0v) is 18.9. The minimum atomic E-state index is -1.19. The van der Waals surface area contributed by atoms with Crippen molar-refractivity contribution < 1.29 is 34.2 Å². The van der Waals surface area contributed by atoms with Gasteiger partial charge in [0.1, 0.15) is 23.9 Å². The highest BCUT2D eigenvalue weighted by atomic mass is 16.4. The number of phenols is 1. The number of carboxylic acid groups (broad SMARTS) is 1. The van der Waals surface area contributed by atoms with Crippen molar-refractivity contribution in [2.45, 2.75) is 63.2 Å². The second-order valence-corrected chi connectivity index (χ2v) is 8.30. The molecule has 1 saturated heterocycles. The Bertz CT molecular complexity index is 921. The molecule has 0 aromatic heterocycles. The lowest BCUT2D eigenvalue weighted by Crippen LogP contribution is -2.56. The Morgan fingerprint density at radius 1 is 1.12 bits per heavy atom. The van der Waals surface area contributed by atoms with Gasteiger partial charge in [0.2, 0.25) is 23.6 Å². The summed E-state index contributed by atoms with van der Waals surface area (Å²) >= 11 is 0. The number of hydrogen-bond acceptors (Lipinski definition) is 7. The highest BCUT2D eigenvalue weighted by Gasteiger charge is 2.37. The fraction of sp³-hybridized carbons (Fsp3) is 0.500. The van der Waals surface area contributed by atoms with E-state index in [9.17, 15) is 34.2 Å². The normalized spacial score (nSPS) is 17.9. The summed E-state index contributed by atoms with van der Waals surface area (Å²) < 4.78 is 0. The summed E-state index contributed by atoms with van der Waals surface area (Å²) in [6.45, 7) is 1.69. The summed E-state index contributed by atoms with van der Waals surface area (Å²) in [5, 5.41) is 23.6. The number of benzene rings is 1. The van der Waals surface area contributed by atoms with Crippen LogP contribution in [-0.2, 0) is 30.4 Å². The summed E-state index contributed by atoms with van der Waals surface area (Å²) in [5.41, 5.74) is 11.8. The molecule has 8 N–H and O–H groups in total. The van der Waals surface area contributed by atoms with E-state index in [1.165, 1.54) is 24.0 Å². The third-order valence-corrected chi connectivity index (χ3v) is 5.59. The molecule has 1 aromatic carbocycles. The maximum absolute atomic E-state index is 12.8. The molecule has 12 nitrogen and oxygen atoms in total. The van der Waals surface area contributed by atoms with Gasteiger partial charge in [0.25, 0.3) is 0 Å². The lowest BCUT2D eigenvalue weighted by Gasteiger charge is -2.27. The molecule has 1 heterocycles. The van der Waals surface area contributed by atoms with Gasteiger partial charge in [-0.25, -0.2) is 4.79 Å². The van der Waals surface area contributed by atoms with E-state index in [1.54, 1.807) is 12.1 Å². The number of rotatable bonds is 11. The lowest BCUT2D eigenvalue weighted by atomic mass is 10.0. The first-order valence-electron chi connectivity index (χ1n) is 11.0. The standard InChI is InChI=1S/C22H31N5O7/c1-12(21(32)27-10-2-3-17(27)22(33)34)25-20(31)16(8-9-18(24)29)26-19(30)15(23)11-13-4-6-14(28)7-5-13/h4-7,12,15-17,28H,2-3,8-11,23H2,1H3,(H2,24,29)(H,25,31)(H,26,30)(H,33,34)/t12-,15-,16-,17-/m0/s1. The van der Waals surface area contributed by atoms with E-state index in [0.29, 0.717) is 18.4 Å². The Hall–Kier alpha value is -3.67. The van der Waals surface area contributed by atoms with Crippen LogP contribution in [0.15, 0.2) is 24.3 Å². The van der Waals surface area contributed by atoms with E-state index >= 15 is 0 Å². The summed E-state index contributed by atoms with van der Waals surface area (Å²) in [6.07, 6.45) is 0.705. The molecule has 0 unspecified atom stereocenters. The number of primary amides is 1. The molecule has 12 heteroatoms. The molecule has 1 fully saturated rings. The fourth-order valence-corrected chi connectivity index (χ4v) is 3.72. The summed E-state index contributed by atoms with van der Waals surface area (Å²) in [4.78, 5) is 61.9. The van der Waals surface area contributed by atoms with E-state index in [4.69, 9.17) is 11.5 Å². The molecule has 0 saturated carbocycles. The molecule has 0 bridgehead atoms. The van der Waals surface area contributed by atoms with Crippen LogP contribution in [0.2, 0.25) is 0 Å². The minimum Gasteiger partial charge on any atom is -0.508 e. The molecular weight excluding hydrogens is 446 g/mol. The van der Waals surface area contributed by atoms with Gasteiger partial charge < -0.3 is 37.2 Å². The summed E-state index contributed by atoms with van der Waals surface area (Å²) in [5.74, 6) is -3.65. The third kappa shape index (κ3) is 7.44. The number of nitrogens with one attached hydrogen (secondary N) is 2. The van der Waals surface area contributed by atoms with Gasteiger partial charge >= 0.3 is 5.97 Å². The number of likely N-dealkylation sites (tertiary alicyclic amines) is 1. The van der Waals surface area contributed by atoms with Gasteiger partial charge in [0, 0.05) is 13.0 Å². The van der Waals surface area contributed by atoms with Crippen LogP contribution in [0.1, 0.15) is 38.2 Å². The zero-order valence-electron chi connectivity index (χ0n) is 18.9. The SMILES string of the molecule is C[C@H](NC(=O)[C@H](CCC(N)=O)NC(=O)[C@@H](N)Cc1ccc(O)cc1)C(=O)N1CCC[C@H]1C(=O)O. The van der Waals surface area contributed by atoms with Crippen molar-refractivity contribution >= 4 is 29.6 Å². The monoisotopic (exact) mass is 477 g/mol. The van der Waals surface area contributed by atoms with Crippen LogP contribution >= 0.6 is 0 Å². The van der Waals surface area contributed by atoms with Crippen molar-refractivity contribution in [2.75, 3.05) is 6.54 Å². The van der Waals surface area contributed by atoms with E-state index in [0.717, 1.165) is 0 Å². The van der Waals surface area contributed by atoms with Gasteiger partial charge in [-0.05, 0) is 50.3 Å². The maximum atomic E-state index is 12.8. The Morgan fingerprint density at radius 3 is 2.35 bits per heavy atom. The van der Waals surface area contributed by atoms with Crippen LogP contribution in [0.3, 0.4) is 0 Å². The molecular formula is C22H31N5O7. The van der Waals surface area contributed by atoms with Crippen molar-refractivity contribution in [3.63, 3.8) is 0 Å². The first-order valence-corrected chi connectivity index (χ1v) is 11.0. The molecule has 4 amide bonds. The first kappa shape index (κ1) is 26.6. The molecule has 0 radical (unpaired) electrons. The molecule has 1 aliphatic rings. The van der Waals surface area contributed by atoms with Crippen LogP contribution in [-0.4, -0.2) is 75.4 Å². The van der Waals surface area contributed by atoms with Crippen LogP contribution < -0.4 is 22.1 Å². The molecule has 0 spiro atoms. The van der Waals surface area contributed by atoms with Gasteiger partial charge in [0.05, 0.1) is 6.04 Å². The number of nitrogens with zero attached hydrogens (tertiary/aromatic N) is 1. The maximum Gasteiger partial charge on any atom is 0.326 e. The zero-order chi connectivity index (χ0) is 25.4. The summed E-state index contributed by atoms with van der Waals surface area (Å²) in [6, 6.07) is 1.92. The fourth-order valence-electron chi connectivity index (χ4n) is 3.72. The van der Waals surface area contributed by atoms with E-state index in [-0.39, 0.29) is 31.6 Å². The Balaban J connectivity index is 2.02. The van der Waals surface area contributed by atoms with Crippen molar-refractivity contribution in [3.05, 3.63) is 29.8 Å². The second-order valence-electron chi connectivity index (χ2n) is 8.30. The number of carbonyl (C=O) groups is 5. The van der Waals surface area contributed by atoms with Crippen LogP contribution in [0, 0.1) is 0 Å². The largest absolute Gasteiger partial charge is 0.508 e. The minimum absolute atomic E-state index is 0.0669. The number of carbonyl (C=O) groups excluding carboxylic acids is 4. The number of aromatic hydroxyl groups is 1. The lowest BCUT2D eigenvalue weighted by molar-refractivity contribution is -0.149. The second kappa shape index (κ2) is 12.0. The van der Waals surface area contributed by atoms with Crippen molar-refractivity contribution in [3.8, 4) is 5.75 Å². The van der Waals surface area contributed by atoms with Crippen molar-refractivity contribution in [1.82, 2.24) is 15.5 Å². The van der Waals surface area contributed by atoms with Crippen LogP contribution in [0.4, 0.5) is 0 Å². The predicted molar refractivity (Wildman–Crippen MR) is 120 cm³/mol. The Labute approximate surface area is 196 Å². The molecule has 1 aliphatic heterocycles. The third-order valence-electron chi connectivity index (χ3n) is 5.59. The van der Waals surface area contributed by atoms with Gasteiger partial charge in [-0.3, -0.25) is 19.2 Å². The predicted octanol–water partition coefficient (Wildman–Crippen LogP) is -1.41. The van der Waals surface area contributed by atoms with E-state index in [2.05, 4.69) is 10.6 Å². The topological polar surface area (TPSA) is 205 Å². The molecule has 186 valence electrons. The van der Waals surface area contributed by atoms with Gasteiger partial charge in [-0.1, -0.05) is 12.1 Å². The number of hydrogen-bond donors (Lipinski definition) is 6. The van der Waals surface area contributed by atoms with E-state index in [1.807, 2.05) is 0 Å². The Morgan fingerprint density at radius 2 is 1.76 bits per heavy atom. The van der Waals surface area contributed by atoms with Crippen LogP contribution in [0.25, 0.3) is 0 Å². The average molecular weight is 478 g/mol. The van der Waals surface area contributed by atoms with Crippen molar-refractivity contribution in [2.24, 2.45) is 11.5 Å². The number of carboxylic acids is 1. The highest BCUT2D eigenvalue weighted by molar-refractivity contribution is 5.94. The molecule has 4 atom stereocenters. The van der Waals surface area contributed by atoms with Gasteiger partial charge in [-0.15, -0.1) is 0 Å². The number of nitrogens with two attached hydrogens (primary N) is 2. The van der Waals surface area contributed by atoms with E-state index < -0.39 is 53.8 Å². The first-order chi connectivity index (χ1) is 16.0. The molecule has 34 heavy (non-hydrogen) atoms. The smallest absolute Gasteiger partial charge is 0.326 e. The number of phenolic OH excluding ortho intramolecular Hbond substituents is 1. The Kier molecular flexibility index (Phi) is 9.36. The van der Waals surface area contributed by atoms with Crippen LogP contribution in [0.5, 0.6) is 5.75 Å². The summed E-state index contributed by atoms with van der Waals surface area (Å²) in [7, 11) is 0. The molecule has 0 aliphatic carbocycles. The van der Waals surface area contributed by atoms with Gasteiger partial charge in [0.15, 0.2) is 0 Å². The van der Waals surface area contributed by atoms with Crippen molar-refractivity contribution in [1.29, 1.82) is 0 Å². The highest BCUT2D eigenvalue weighted by Crippen LogP contribution is 2.18. The quantitative estimate of drug-likeness (QED) is 0.223.